The maximum atomic E-state index is 13.3. The van der Waals surface area contributed by atoms with Crippen molar-refractivity contribution in [2.75, 3.05) is 35.5 Å². The third-order valence-corrected chi connectivity index (χ3v) is 11.4. The van der Waals surface area contributed by atoms with Crippen molar-refractivity contribution in [3.05, 3.63) is 170 Å². The lowest BCUT2D eigenvalue weighted by atomic mass is 9.99. The van der Waals surface area contributed by atoms with Crippen LogP contribution in [0.1, 0.15) is 70.0 Å². The van der Waals surface area contributed by atoms with Gasteiger partial charge in [-0.05, 0) is 86.6 Å². The zero-order valence-corrected chi connectivity index (χ0v) is 38.9. The normalized spacial score (nSPS) is 10.4. The maximum Gasteiger partial charge on any atom is 0.335 e. The first-order valence-corrected chi connectivity index (χ1v) is 22.2. The number of hydrogen-bond donors (Lipinski definition) is 6. The van der Waals surface area contributed by atoms with Gasteiger partial charge in [-0.3, -0.25) is 25.0 Å². The van der Waals surface area contributed by atoms with Gasteiger partial charge in [-0.2, -0.15) is 0 Å². The van der Waals surface area contributed by atoms with Crippen LogP contribution >= 0.6 is 22.7 Å². The number of carbonyl (C=O) groups excluding carboxylic acids is 5. The summed E-state index contributed by atoms with van der Waals surface area (Å²) in [6, 6.07) is 29.2. The molecular formula is C49H45N7O10S2. The lowest BCUT2D eigenvalue weighted by Gasteiger charge is -2.13. The number of methoxy groups -OCH3 is 2. The SMILES string of the molecule is COc1ccccc1C(=O)c1cc(C)ccc1NC(=O)Nc1ncc(CNC(C)=O)s1.COc1ccccc1C(=O)c1cc(C)ccc1NC(=O)Nc1ncc(COc2ccc(C(=O)O)cc2)s1. The number of carboxylic acid groups (broad SMARTS) is 1. The zero-order chi connectivity index (χ0) is 48.7. The molecule has 0 saturated heterocycles. The van der Waals surface area contributed by atoms with Crippen LogP contribution in [0.5, 0.6) is 17.2 Å². The summed E-state index contributed by atoms with van der Waals surface area (Å²) in [7, 11) is 3.00. The number of benzene rings is 5. The monoisotopic (exact) mass is 955 g/mol. The van der Waals surface area contributed by atoms with E-state index >= 15 is 0 Å². The van der Waals surface area contributed by atoms with Crippen LogP contribution in [0.4, 0.5) is 31.2 Å². The van der Waals surface area contributed by atoms with Crippen molar-refractivity contribution in [1.82, 2.24) is 15.3 Å². The largest absolute Gasteiger partial charge is 0.496 e. The second-order valence-electron chi connectivity index (χ2n) is 14.6. The number of aromatic carboxylic acids is 1. The van der Waals surface area contributed by atoms with E-state index in [0.717, 1.165) is 20.9 Å². The van der Waals surface area contributed by atoms with E-state index in [1.807, 2.05) is 19.9 Å². The van der Waals surface area contributed by atoms with Crippen molar-refractivity contribution >= 4 is 79.8 Å². The Morgan fingerprint density at radius 2 is 1.06 bits per heavy atom. The van der Waals surface area contributed by atoms with Gasteiger partial charge < -0.3 is 35.3 Å². The second kappa shape index (κ2) is 23.2. The lowest BCUT2D eigenvalue weighted by molar-refractivity contribution is -0.119. The van der Waals surface area contributed by atoms with Gasteiger partial charge in [-0.25, -0.2) is 24.4 Å². The van der Waals surface area contributed by atoms with E-state index in [9.17, 15) is 28.8 Å². The first kappa shape index (κ1) is 49.0. The molecule has 6 N–H and O–H groups in total. The van der Waals surface area contributed by atoms with Gasteiger partial charge in [-0.1, -0.05) is 70.2 Å². The Kier molecular flexibility index (Phi) is 16.7. The zero-order valence-electron chi connectivity index (χ0n) is 37.3. The minimum absolute atomic E-state index is 0.146. The van der Waals surface area contributed by atoms with Crippen LogP contribution in [0, 0.1) is 13.8 Å². The molecule has 348 valence electrons. The van der Waals surface area contributed by atoms with Gasteiger partial charge in [0.2, 0.25) is 5.91 Å². The number of thiazole rings is 2. The van der Waals surface area contributed by atoms with Gasteiger partial charge in [0.15, 0.2) is 21.8 Å². The smallest absolute Gasteiger partial charge is 0.335 e. The Hall–Kier alpha value is -8.42. The number of hydrogen-bond acceptors (Lipinski definition) is 13. The van der Waals surface area contributed by atoms with Crippen LogP contribution in [0.2, 0.25) is 0 Å². The molecule has 68 heavy (non-hydrogen) atoms. The summed E-state index contributed by atoms with van der Waals surface area (Å²) in [6.07, 6.45) is 3.16. The number of aromatic nitrogens is 2. The Morgan fingerprint density at radius 3 is 1.53 bits per heavy atom. The van der Waals surface area contributed by atoms with Crippen molar-refractivity contribution in [2.24, 2.45) is 0 Å². The molecule has 2 aromatic heterocycles. The number of anilines is 4. The number of nitrogens with one attached hydrogen (secondary N) is 5. The van der Waals surface area contributed by atoms with Crippen LogP contribution in [0.3, 0.4) is 0 Å². The summed E-state index contributed by atoms with van der Waals surface area (Å²) in [5, 5.41) is 23.1. The molecule has 2 heterocycles. The molecule has 0 bridgehead atoms. The maximum absolute atomic E-state index is 13.3. The van der Waals surface area contributed by atoms with E-state index in [2.05, 4.69) is 36.6 Å². The minimum Gasteiger partial charge on any atom is -0.496 e. The third-order valence-electron chi connectivity index (χ3n) is 9.58. The first-order valence-electron chi connectivity index (χ1n) is 20.5. The van der Waals surface area contributed by atoms with Gasteiger partial charge >= 0.3 is 18.0 Å². The molecular weight excluding hydrogens is 911 g/mol. The number of nitrogens with zero attached hydrogens (tertiary/aromatic N) is 2. The number of ether oxygens (including phenoxy) is 3. The molecule has 0 radical (unpaired) electrons. The van der Waals surface area contributed by atoms with E-state index in [0.29, 0.717) is 67.7 Å². The molecule has 7 aromatic rings. The molecule has 0 saturated carbocycles. The van der Waals surface area contributed by atoms with Gasteiger partial charge in [0.25, 0.3) is 0 Å². The van der Waals surface area contributed by atoms with Crippen LogP contribution in [-0.4, -0.2) is 64.8 Å². The summed E-state index contributed by atoms with van der Waals surface area (Å²) < 4.78 is 16.3. The predicted molar refractivity (Wildman–Crippen MR) is 260 cm³/mol. The van der Waals surface area contributed by atoms with Crippen LogP contribution in [0.15, 0.2) is 122 Å². The van der Waals surface area contributed by atoms with Crippen molar-refractivity contribution < 1.29 is 48.1 Å². The molecule has 7 rings (SSSR count). The number of carbonyl (C=O) groups is 6. The van der Waals surface area contributed by atoms with Gasteiger partial charge in [0, 0.05) is 35.3 Å². The summed E-state index contributed by atoms with van der Waals surface area (Å²) in [4.78, 5) is 83.5. The van der Waals surface area contributed by atoms with Gasteiger partial charge in [0.05, 0.1) is 53.7 Å². The fourth-order valence-corrected chi connectivity index (χ4v) is 7.77. The topological polar surface area (TPSA) is 236 Å². The fraction of sp³-hybridized carbons (Fsp3) is 0.143. The number of para-hydroxylation sites is 2. The summed E-state index contributed by atoms with van der Waals surface area (Å²) >= 11 is 2.48. The van der Waals surface area contributed by atoms with Crippen LogP contribution in [-0.2, 0) is 17.9 Å². The Bertz CT molecular complexity index is 2970. The number of ketones is 2. The minimum atomic E-state index is -1.01. The van der Waals surface area contributed by atoms with Gasteiger partial charge in [-0.15, -0.1) is 0 Å². The molecule has 0 unspecified atom stereocenters. The Labute approximate surface area is 398 Å². The predicted octanol–water partition coefficient (Wildman–Crippen LogP) is 9.58. The fourth-order valence-electron chi connectivity index (χ4n) is 6.30. The Balaban J connectivity index is 0.000000228. The quantitative estimate of drug-likeness (QED) is 0.0497. The summed E-state index contributed by atoms with van der Waals surface area (Å²) in [5.74, 6) is -0.280. The molecule has 5 aromatic carbocycles. The van der Waals surface area contributed by atoms with Crippen molar-refractivity contribution in [2.45, 2.75) is 33.9 Å². The van der Waals surface area contributed by atoms with E-state index in [4.69, 9.17) is 19.3 Å². The highest BCUT2D eigenvalue weighted by atomic mass is 32.1. The van der Waals surface area contributed by atoms with Crippen LogP contribution in [0.25, 0.3) is 0 Å². The summed E-state index contributed by atoms with van der Waals surface area (Å²) in [6.45, 7) is 5.70. The Morgan fingerprint density at radius 1 is 0.588 bits per heavy atom. The highest BCUT2D eigenvalue weighted by molar-refractivity contribution is 7.16. The van der Waals surface area contributed by atoms with Crippen molar-refractivity contribution in [3.8, 4) is 17.2 Å². The van der Waals surface area contributed by atoms with Gasteiger partial charge in [0.1, 0.15) is 23.9 Å². The average Bonchev–Trinajstić information content (AvgIpc) is 3.99. The number of urea groups is 2. The lowest BCUT2D eigenvalue weighted by Crippen LogP contribution is -2.21. The molecule has 0 atom stereocenters. The molecule has 0 spiro atoms. The van der Waals surface area contributed by atoms with E-state index < -0.39 is 18.0 Å². The van der Waals surface area contributed by atoms with Crippen molar-refractivity contribution in [1.29, 1.82) is 0 Å². The van der Waals surface area contributed by atoms with E-state index in [-0.39, 0.29) is 29.6 Å². The molecule has 0 aliphatic rings. The van der Waals surface area contributed by atoms with Crippen molar-refractivity contribution in [3.63, 3.8) is 0 Å². The standard InChI is InChI=1S/C27H23N3O6S.C22H22N4O4S/c1-16-7-12-22(21(13-16)24(31)20-5-3-4-6-23(20)35-2)29-26(34)30-27-28-14-19(37-27)15-36-18-10-8-17(9-11-18)25(32)33;1-13-8-9-18(17(10-13)20(28)16-6-4-5-7-19(16)30-3)25-21(29)26-22-24-12-15(31-22)11-23-14(2)27/h3-14H,15H2,1-2H3,(H,32,33)(H2,28,29,30,34);4-10,12H,11H2,1-3H3,(H,23,27)(H2,24,25,26,29). The number of amides is 5. The highest BCUT2D eigenvalue weighted by Gasteiger charge is 2.21. The molecule has 0 aliphatic carbocycles. The van der Waals surface area contributed by atoms with E-state index in [1.165, 1.54) is 55.9 Å². The third kappa shape index (κ3) is 13.3. The summed E-state index contributed by atoms with van der Waals surface area (Å²) in [5.41, 5.74) is 4.12. The number of rotatable bonds is 16. The number of carboxylic acids is 1. The van der Waals surface area contributed by atoms with E-state index in [1.54, 1.807) is 103 Å². The highest BCUT2D eigenvalue weighted by Crippen LogP contribution is 2.29. The molecule has 0 fully saturated rings. The second-order valence-corrected chi connectivity index (χ2v) is 16.8. The average molecular weight is 956 g/mol. The molecule has 0 aliphatic heterocycles. The van der Waals surface area contributed by atoms with Crippen LogP contribution < -0.4 is 40.8 Å². The molecule has 5 amide bonds. The number of aryl methyl sites for hydroxylation is 2. The molecule has 19 heteroatoms. The first-order chi connectivity index (χ1) is 32.7. The molecule has 17 nitrogen and oxygen atoms in total.